The standard InChI is InChI=1S/C17H24ClN5O2/c1-23(2)14-8-11(18)7-6-10(14)9-19-16(24)20-12-4-3-5-13-15(12)22-17(25)21-13/h6-8,12-13,15H,3-5,9H2,1-2H3,(H2,19,20,24)(H2,21,22,25). The number of rotatable bonds is 4. The van der Waals surface area contributed by atoms with Crippen LogP contribution in [0.25, 0.3) is 0 Å². The molecule has 2 aliphatic rings. The fourth-order valence-corrected chi connectivity index (χ4v) is 3.75. The summed E-state index contributed by atoms with van der Waals surface area (Å²) < 4.78 is 0. The number of nitrogens with zero attached hydrogens (tertiary/aromatic N) is 1. The van der Waals surface area contributed by atoms with Crippen molar-refractivity contribution in [3.8, 4) is 0 Å². The molecule has 0 radical (unpaired) electrons. The molecule has 7 nitrogen and oxygen atoms in total. The summed E-state index contributed by atoms with van der Waals surface area (Å²) in [5, 5.41) is 12.4. The van der Waals surface area contributed by atoms with Crippen molar-refractivity contribution in [2.45, 2.75) is 43.9 Å². The fourth-order valence-electron chi connectivity index (χ4n) is 3.58. The maximum Gasteiger partial charge on any atom is 0.315 e. The molecular formula is C17H24ClN5O2. The first-order valence-electron chi connectivity index (χ1n) is 8.51. The number of nitrogens with one attached hydrogen (secondary N) is 4. The Morgan fingerprint density at radius 3 is 2.88 bits per heavy atom. The lowest BCUT2D eigenvalue weighted by Gasteiger charge is -2.33. The average molecular weight is 366 g/mol. The molecule has 1 heterocycles. The van der Waals surface area contributed by atoms with Crippen LogP contribution in [0.4, 0.5) is 15.3 Å². The molecule has 0 aromatic heterocycles. The van der Waals surface area contributed by atoms with E-state index in [-0.39, 0.29) is 30.2 Å². The summed E-state index contributed by atoms with van der Waals surface area (Å²) in [6, 6.07) is 5.22. The van der Waals surface area contributed by atoms with Gasteiger partial charge < -0.3 is 26.2 Å². The van der Waals surface area contributed by atoms with E-state index in [2.05, 4.69) is 21.3 Å². The van der Waals surface area contributed by atoms with Crippen molar-refractivity contribution in [2.24, 2.45) is 0 Å². The molecule has 4 N–H and O–H groups in total. The lowest BCUT2D eigenvalue weighted by atomic mass is 9.87. The SMILES string of the molecule is CN(C)c1cc(Cl)ccc1CNC(=O)NC1CCCC2NC(=O)NC12. The highest BCUT2D eigenvalue weighted by molar-refractivity contribution is 6.30. The van der Waals surface area contributed by atoms with Crippen LogP contribution in [-0.2, 0) is 6.54 Å². The van der Waals surface area contributed by atoms with Crippen LogP contribution in [0.2, 0.25) is 5.02 Å². The molecule has 4 amide bonds. The lowest BCUT2D eigenvalue weighted by Crippen LogP contribution is -2.56. The van der Waals surface area contributed by atoms with E-state index in [9.17, 15) is 9.59 Å². The quantitative estimate of drug-likeness (QED) is 0.656. The predicted octanol–water partition coefficient (Wildman–Crippen LogP) is 1.81. The van der Waals surface area contributed by atoms with Crippen LogP contribution in [0.1, 0.15) is 24.8 Å². The average Bonchev–Trinajstić information content (AvgIpc) is 2.95. The zero-order valence-electron chi connectivity index (χ0n) is 14.4. The number of carbonyl (C=O) groups is 2. The van der Waals surface area contributed by atoms with Crippen molar-refractivity contribution in [1.29, 1.82) is 0 Å². The molecule has 3 unspecified atom stereocenters. The predicted molar refractivity (Wildman–Crippen MR) is 98.0 cm³/mol. The van der Waals surface area contributed by atoms with Gasteiger partial charge in [-0.3, -0.25) is 0 Å². The van der Waals surface area contributed by atoms with Gasteiger partial charge in [0.15, 0.2) is 0 Å². The van der Waals surface area contributed by atoms with Crippen molar-refractivity contribution in [3.63, 3.8) is 0 Å². The Bertz CT molecular complexity index is 666. The Labute approximate surface area is 152 Å². The number of carbonyl (C=O) groups excluding carboxylic acids is 2. The minimum atomic E-state index is -0.230. The molecule has 1 saturated carbocycles. The van der Waals surface area contributed by atoms with Crippen LogP contribution >= 0.6 is 11.6 Å². The van der Waals surface area contributed by atoms with Gasteiger partial charge >= 0.3 is 12.1 Å². The first-order valence-corrected chi connectivity index (χ1v) is 8.89. The molecule has 136 valence electrons. The van der Waals surface area contributed by atoms with Gasteiger partial charge in [-0.15, -0.1) is 0 Å². The zero-order chi connectivity index (χ0) is 18.0. The minimum Gasteiger partial charge on any atom is -0.377 e. The normalized spacial score (nSPS) is 24.8. The smallest absolute Gasteiger partial charge is 0.315 e. The van der Waals surface area contributed by atoms with E-state index < -0.39 is 0 Å². The van der Waals surface area contributed by atoms with Gasteiger partial charge in [-0.25, -0.2) is 9.59 Å². The molecular weight excluding hydrogens is 342 g/mol. The third-order valence-electron chi connectivity index (χ3n) is 4.80. The second-order valence-electron chi connectivity index (χ2n) is 6.78. The molecule has 1 aromatic rings. The second-order valence-corrected chi connectivity index (χ2v) is 7.22. The summed E-state index contributed by atoms with van der Waals surface area (Å²) in [7, 11) is 3.88. The van der Waals surface area contributed by atoms with Crippen molar-refractivity contribution in [1.82, 2.24) is 21.3 Å². The number of amides is 4. The van der Waals surface area contributed by atoms with E-state index >= 15 is 0 Å². The molecule has 1 aliphatic heterocycles. The molecule has 3 atom stereocenters. The van der Waals surface area contributed by atoms with E-state index in [1.54, 1.807) is 0 Å². The molecule has 1 aliphatic carbocycles. The number of halogens is 1. The Hall–Kier alpha value is -2.15. The van der Waals surface area contributed by atoms with Gasteiger partial charge in [-0.05, 0) is 37.0 Å². The van der Waals surface area contributed by atoms with Gasteiger partial charge in [-0.2, -0.15) is 0 Å². The molecule has 3 rings (SSSR count). The van der Waals surface area contributed by atoms with Crippen molar-refractivity contribution in [3.05, 3.63) is 28.8 Å². The van der Waals surface area contributed by atoms with Crippen LogP contribution in [0.3, 0.4) is 0 Å². The summed E-state index contributed by atoms with van der Waals surface area (Å²) in [5.74, 6) is 0. The number of hydrogen-bond acceptors (Lipinski definition) is 3. The maximum absolute atomic E-state index is 12.3. The van der Waals surface area contributed by atoms with Crippen LogP contribution in [-0.4, -0.2) is 44.3 Å². The molecule has 0 spiro atoms. The number of benzene rings is 1. The van der Waals surface area contributed by atoms with Crippen LogP contribution < -0.4 is 26.2 Å². The van der Waals surface area contributed by atoms with E-state index in [1.165, 1.54) is 0 Å². The molecule has 25 heavy (non-hydrogen) atoms. The Morgan fingerprint density at radius 2 is 2.12 bits per heavy atom. The molecule has 0 bridgehead atoms. The lowest BCUT2D eigenvalue weighted by molar-refractivity contribution is 0.223. The van der Waals surface area contributed by atoms with Gasteiger partial charge in [0.2, 0.25) is 0 Å². The van der Waals surface area contributed by atoms with Gasteiger partial charge in [0.1, 0.15) is 0 Å². The summed E-state index contributed by atoms with van der Waals surface area (Å²) >= 11 is 6.05. The topological polar surface area (TPSA) is 85.5 Å². The third kappa shape index (κ3) is 4.10. The Morgan fingerprint density at radius 1 is 1.32 bits per heavy atom. The summed E-state index contributed by atoms with van der Waals surface area (Å²) in [5.41, 5.74) is 1.96. The van der Waals surface area contributed by atoms with E-state index in [0.29, 0.717) is 11.6 Å². The summed E-state index contributed by atoms with van der Waals surface area (Å²) in [6.07, 6.45) is 2.79. The van der Waals surface area contributed by atoms with Crippen molar-refractivity contribution < 1.29 is 9.59 Å². The van der Waals surface area contributed by atoms with Crippen molar-refractivity contribution >= 4 is 29.4 Å². The third-order valence-corrected chi connectivity index (χ3v) is 5.03. The molecule has 1 saturated heterocycles. The van der Waals surface area contributed by atoms with Gasteiger partial charge in [0.25, 0.3) is 0 Å². The van der Waals surface area contributed by atoms with Crippen molar-refractivity contribution in [2.75, 3.05) is 19.0 Å². The Kier molecular flexibility index (Phi) is 5.22. The minimum absolute atomic E-state index is 0.0418. The second kappa shape index (κ2) is 7.39. The van der Waals surface area contributed by atoms with Crippen LogP contribution in [0.5, 0.6) is 0 Å². The zero-order valence-corrected chi connectivity index (χ0v) is 15.2. The monoisotopic (exact) mass is 365 g/mol. The van der Waals surface area contributed by atoms with Gasteiger partial charge in [0, 0.05) is 31.4 Å². The fraction of sp³-hybridized carbons (Fsp3) is 0.529. The van der Waals surface area contributed by atoms with Gasteiger partial charge in [-0.1, -0.05) is 17.7 Å². The van der Waals surface area contributed by atoms with E-state index in [1.807, 2.05) is 37.2 Å². The molecule has 1 aromatic carbocycles. The van der Waals surface area contributed by atoms with Crippen LogP contribution in [0, 0.1) is 0 Å². The number of urea groups is 2. The highest BCUT2D eigenvalue weighted by Gasteiger charge is 2.40. The molecule has 2 fully saturated rings. The van der Waals surface area contributed by atoms with E-state index in [4.69, 9.17) is 11.6 Å². The summed E-state index contributed by atoms with van der Waals surface area (Å²) in [4.78, 5) is 25.8. The number of hydrogen-bond donors (Lipinski definition) is 4. The first-order chi connectivity index (χ1) is 11.9. The summed E-state index contributed by atoms with van der Waals surface area (Å²) in [6.45, 7) is 0.405. The maximum atomic E-state index is 12.3. The molecule has 8 heteroatoms. The first kappa shape index (κ1) is 17.7. The van der Waals surface area contributed by atoms with Gasteiger partial charge in [0.05, 0.1) is 18.1 Å². The largest absolute Gasteiger partial charge is 0.377 e. The van der Waals surface area contributed by atoms with Crippen LogP contribution in [0.15, 0.2) is 18.2 Å². The number of fused-ring (bicyclic) bond motifs is 1. The highest BCUT2D eigenvalue weighted by Crippen LogP contribution is 2.24. The number of anilines is 1. The Balaban J connectivity index is 1.57. The highest BCUT2D eigenvalue weighted by atomic mass is 35.5. The van der Waals surface area contributed by atoms with E-state index in [0.717, 1.165) is 30.5 Å².